The third-order valence-corrected chi connectivity index (χ3v) is 3.28. The monoisotopic (exact) mass is 272 g/mol. The summed E-state index contributed by atoms with van der Waals surface area (Å²) >= 11 is 0. The molecule has 4 heteroatoms. The third kappa shape index (κ3) is 3.48. The number of hydrogen-bond acceptors (Lipinski definition) is 3. The Morgan fingerprint density at radius 1 is 1.10 bits per heavy atom. The number of amides is 1. The number of carbonyl (C=O) groups excluding carboxylic acids is 1. The van der Waals surface area contributed by atoms with Gasteiger partial charge in [-0.15, -0.1) is 0 Å². The van der Waals surface area contributed by atoms with Gasteiger partial charge in [0, 0.05) is 18.8 Å². The molecule has 2 aromatic carbocycles. The van der Waals surface area contributed by atoms with E-state index in [-0.39, 0.29) is 12.5 Å². The van der Waals surface area contributed by atoms with Gasteiger partial charge in [0.15, 0.2) is 0 Å². The predicted octanol–water partition coefficient (Wildman–Crippen LogP) is 2.31. The topological polar surface area (TPSA) is 75.4 Å². The minimum Gasteiger partial charge on any atom is -0.398 e. The Hall–Kier alpha value is -2.07. The molecule has 0 saturated heterocycles. The first-order chi connectivity index (χ1) is 9.72. The maximum atomic E-state index is 12.1. The lowest BCUT2D eigenvalue weighted by Gasteiger charge is -2.09. The zero-order chi connectivity index (χ0) is 14.4. The van der Waals surface area contributed by atoms with Gasteiger partial charge in [0.2, 0.25) is 0 Å². The molecule has 0 fully saturated rings. The fourth-order valence-electron chi connectivity index (χ4n) is 2.17. The Morgan fingerprint density at radius 2 is 1.80 bits per heavy atom. The van der Waals surface area contributed by atoms with Crippen LogP contribution in [0.3, 0.4) is 0 Å². The van der Waals surface area contributed by atoms with E-state index < -0.39 is 0 Å². The molecular formula is C16H20N2O2. The summed E-state index contributed by atoms with van der Waals surface area (Å²) in [4.78, 5) is 12.1. The van der Waals surface area contributed by atoms with Crippen molar-refractivity contribution in [3.05, 3.63) is 42.0 Å². The molecule has 0 bridgehead atoms. The molecule has 0 saturated carbocycles. The van der Waals surface area contributed by atoms with E-state index in [1.807, 2.05) is 36.4 Å². The maximum Gasteiger partial charge on any atom is 0.253 e. The van der Waals surface area contributed by atoms with Crippen molar-refractivity contribution >= 4 is 22.4 Å². The van der Waals surface area contributed by atoms with Gasteiger partial charge in [0.25, 0.3) is 5.91 Å². The van der Waals surface area contributed by atoms with Crippen molar-refractivity contribution in [3.63, 3.8) is 0 Å². The molecule has 0 aliphatic heterocycles. The highest BCUT2D eigenvalue weighted by molar-refractivity contribution is 6.03. The molecule has 106 valence electrons. The molecule has 4 N–H and O–H groups in total. The molecular weight excluding hydrogens is 252 g/mol. The standard InChI is InChI=1S/C16H20N2O2/c17-15-11-13-7-3-2-6-12(13)10-14(15)16(20)18-8-4-1-5-9-19/h2-3,6-7,10-11,19H,1,4-5,8-9,17H2,(H,18,20). The molecule has 0 radical (unpaired) electrons. The maximum absolute atomic E-state index is 12.1. The van der Waals surface area contributed by atoms with Crippen LogP contribution in [0, 0.1) is 0 Å². The van der Waals surface area contributed by atoms with Gasteiger partial charge >= 0.3 is 0 Å². The van der Waals surface area contributed by atoms with Crippen LogP contribution in [-0.4, -0.2) is 24.2 Å². The Morgan fingerprint density at radius 3 is 2.50 bits per heavy atom. The minimum atomic E-state index is -0.141. The summed E-state index contributed by atoms with van der Waals surface area (Å²) < 4.78 is 0. The third-order valence-electron chi connectivity index (χ3n) is 3.28. The van der Waals surface area contributed by atoms with Crippen LogP contribution in [0.5, 0.6) is 0 Å². The van der Waals surface area contributed by atoms with Gasteiger partial charge in [-0.05, 0) is 42.2 Å². The van der Waals surface area contributed by atoms with Gasteiger partial charge in [0.05, 0.1) is 5.56 Å². The molecule has 2 aromatic rings. The number of nitrogen functional groups attached to an aromatic ring is 1. The fraction of sp³-hybridized carbons (Fsp3) is 0.312. The molecule has 0 aliphatic rings. The number of aliphatic hydroxyl groups excluding tert-OH is 1. The molecule has 0 spiro atoms. The zero-order valence-electron chi connectivity index (χ0n) is 11.4. The highest BCUT2D eigenvalue weighted by atomic mass is 16.2. The number of benzene rings is 2. The minimum absolute atomic E-state index is 0.141. The largest absolute Gasteiger partial charge is 0.398 e. The van der Waals surface area contributed by atoms with Gasteiger partial charge in [0.1, 0.15) is 0 Å². The second-order valence-corrected chi connectivity index (χ2v) is 4.83. The average molecular weight is 272 g/mol. The quantitative estimate of drug-likeness (QED) is 0.558. The summed E-state index contributed by atoms with van der Waals surface area (Å²) in [5.74, 6) is -0.141. The Labute approximate surface area is 118 Å². The van der Waals surface area contributed by atoms with Crippen molar-refractivity contribution < 1.29 is 9.90 Å². The normalized spacial score (nSPS) is 10.7. The Bertz CT molecular complexity index is 596. The van der Waals surface area contributed by atoms with Crippen LogP contribution in [0.1, 0.15) is 29.6 Å². The molecule has 0 aromatic heterocycles. The predicted molar refractivity (Wildman–Crippen MR) is 81.6 cm³/mol. The summed E-state index contributed by atoms with van der Waals surface area (Å²) in [6.45, 7) is 0.802. The molecule has 1 amide bonds. The second-order valence-electron chi connectivity index (χ2n) is 4.83. The summed E-state index contributed by atoms with van der Waals surface area (Å²) in [6.07, 6.45) is 2.54. The van der Waals surface area contributed by atoms with E-state index in [9.17, 15) is 4.79 Å². The molecule has 20 heavy (non-hydrogen) atoms. The number of carbonyl (C=O) groups is 1. The number of nitrogens with one attached hydrogen (secondary N) is 1. The molecule has 0 unspecified atom stereocenters. The van der Waals surface area contributed by atoms with Crippen molar-refractivity contribution in [2.75, 3.05) is 18.9 Å². The number of hydrogen-bond donors (Lipinski definition) is 3. The van der Waals surface area contributed by atoms with Crippen LogP contribution < -0.4 is 11.1 Å². The van der Waals surface area contributed by atoms with Gasteiger partial charge in [-0.3, -0.25) is 4.79 Å². The average Bonchev–Trinajstić information content (AvgIpc) is 2.46. The van der Waals surface area contributed by atoms with E-state index in [1.54, 1.807) is 0 Å². The first kappa shape index (κ1) is 14.3. The number of anilines is 1. The lowest BCUT2D eigenvalue weighted by molar-refractivity contribution is 0.0954. The van der Waals surface area contributed by atoms with E-state index in [4.69, 9.17) is 10.8 Å². The van der Waals surface area contributed by atoms with Crippen molar-refractivity contribution in [2.24, 2.45) is 0 Å². The van der Waals surface area contributed by atoms with Gasteiger partial charge < -0.3 is 16.2 Å². The first-order valence-electron chi connectivity index (χ1n) is 6.89. The van der Waals surface area contributed by atoms with Crippen LogP contribution in [0.2, 0.25) is 0 Å². The van der Waals surface area contributed by atoms with Crippen molar-refractivity contribution in [1.82, 2.24) is 5.32 Å². The molecule has 0 heterocycles. The number of unbranched alkanes of at least 4 members (excludes halogenated alkanes) is 2. The van der Waals surface area contributed by atoms with Crippen LogP contribution in [0.25, 0.3) is 10.8 Å². The number of fused-ring (bicyclic) bond motifs is 1. The van der Waals surface area contributed by atoms with Gasteiger partial charge in [-0.2, -0.15) is 0 Å². The van der Waals surface area contributed by atoms with Gasteiger partial charge in [-0.25, -0.2) is 0 Å². The van der Waals surface area contributed by atoms with E-state index in [1.165, 1.54) is 0 Å². The summed E-state index contributed by atoms with van der Waals surface area (Å²) in [5, 5.41) is 13.6. The first-order valence-corrected chi connectivity index (χ1v) is 6.89. The van der Waals surface area contributed by atoms with Crippen LogP contribution in [0.4, 0.5) is 5.69 Å². The van der Waals surface area contributed by atoms with Gasteiger partial charge in [-0.1, -0.05) is 24.3 Å². The SMILES string of the molecule is Nc1cc2ccccc2cc1C(=O)NCCCCCO. The van der Waals surface area contributed by atoms with Crippen LogP contribution in [0.15, 0.2) is 36.4 Å². The van der Waals surface area contributed by atoms with Crippen LogP contribution in [-0.2, 0) is 0 Å². The van der Waals surface area contributed by atoms with E-state index in [0.717, 1.165) is 30.0 Å². The second kappa shape index (κ2) is 6.91. The van der Waals surface area contributed by atoms with Crippen molar-refractivity contribution in [2.45, 2.75) is 19.3 Å². The zero-order valence-corrected chi connectivity index (χ0v) is 11.4. The number of aliphatic hydroxyl groups is 1. The van der Waals surface area contributed by atoms with Crippen molar-refractivity contribution in [1.29, 1.82) is 0 Å². The van der Waals surface area contributed by atoms with E-state index in [2.05, 4.69) is 5.32 Å². The highest BCUT2D eigenvalue weighted by Crippen LogP contribution is 2.21. The van der Waals surface area contributed by atoms with E-state index >= 15 is 0 Å². The molecule has 0 aliphatic carbocycles. The summed E-state index contributed by atoms with van der Waals surface area (Å²) in [5.41, 5.74) is 6.96. The smallest absolute Gasteiger partial charge is 0.253 e. The Balaban J connectivity index is 2.04. The number of nitrogens with two attached hydrogens (primary N) is 1. The summed E-state index contributed by atoms with van der Waals surface area (Å²) in [7, 11) is 0. The fourth-order valence-corrected chi connectivity index (χ4v) is 2.17. The lowest BCUT2D eigenvalue weighted by atomic mass is 10.0. The van der Waals surface area contributed by atoms with E-state index in [0.29, 0.717) is 17.8 Å². The Kier molecular flexibility index (Phi) is 4.96. The summed E-state index contributed by atoms with van der Waals surface area (Å²) in [6, 6.07) is 11.5. The molecule has 0 atom stereocenters. The van der Waals surface area contributed by atoms with Crippen molar-refractivity contribution in [3.8, 4) is 0 Å². The molecule has 2 rings (SSSR count). The number of rotatable bonds is 6. The molecule has 4 nitrogen and oxygen atoms in total. The highest BCUT2D eigenvalue weighted by Gasteiger charge is 2.10. The lowest BCUT2D eigenvalue weighted by Crippen LogP contribution is -2.25. The van der Waals surface area contributed by atoms with Crippen LogP contribution >= 0.6 is 0 Å².